The number of amides is 1. The van der Waals surface area contributed by atoms with Crippen molar-refractivity contribution in [3.63, 3.8) is 0 Å². The molecule has 20 heavy (non-hydrogen) atoms. The van der Waals surface area contributed by atoms with E-state index in [2.05, 4.69) is 0 Å². The minimum absolute atomic E-state index is 0.270. The molecule has 0 fully saturated rings. The van der Waals surface area contributed by atoms with E-state index < -0.39 is 0 Å². The second kappa shape index (κ2) is 7.66. The Bertz CT molecular complexity index is 493. The first-order chi connectivity index (χ1) is 9.45. The number of hydrogen-bond donors (Lipinski definition) is 3. The van der Waals surface area contributed by atoms with Crippen LogP contribution in [-0.4, -0.2) is 52.8 Å². The number of nitrogens with zero attached hydrogens (tertiary/aromatic N) is 1. The molecule has 0 radical (unpaired) electrons. The third-order valence-electron chi connectivity index (χ3n) is 2.70. The molecule has 0 spiro atoms. The van der Waals surface area contributed by atoms with Crippen molar-refractivity contribution in [3.05, 3.63) is 23.8 Å². The van der Waals surface area contributed by atoms with Gasteiger partial charge in [-0.1, -0.05) is 12.2 Å². The summed E-state index contributed by atoms with van der Waals surface area (Å²) in [5.74, 6) is -0.890. The number of nitrogens with two attached hydrogens (primary N) is 1. The van der Waals surface area contributed by atoms with Crippen molar-refractivity contribution in [2.24, 2.45) is 5.73 Å². The van der Waals surface area contributed by atoms with Crippen molar-refractivity contribution in [2.75, 3.05) is 26.8 Å². The molecule has 4 N–H and O–H groups in total. The maximum atomic E-state index is 12.3. The highest BCUT2D eigenvalue weighted by molar-refractivity contribution is 7.80. The topological polar surface area (TPSA) is 96.0 Å². The third-order valence-corrected chi connectivity index (χ3v) is 2.91. The van der Waals surface area contributed by atoms with Gasteiger partial charge in [-0.25, -0.2) is 0 Å². The lowest BCUT2D eigenvalue weighted by atomic mass is 10.1. The van der Waals surface area contributed by atoms with E-state index in [4.69, 9.17) is 22.7 Å². The largest absolute Gasteiger partial charge is 0.504 e. The van der Waals surface area contributed by atoms with E-state index in [1.807, 2.05) is 0 Å². The zero-order valence-corrected chi connectivity index (χ0v) is 12.0. The number of ether oxygens (including phenoxy) is 1. The molecule has 0 aromatic heterocycles. The fourth-order valence-electron chi connectivity index (χ4n) is 1.60. The second-order valence-electron chi connectivity index (χ2n) is 4.20. The van der Waals surface area contributed by atoms with Gasteiger partial charge in [0.2, 0.25) is 0 Å². The summed E-state index contributed by atoms with van der Waals surface area (Å²) < 4.78 is 4.96. The van der Waals surface area contributed by atoms with Gasteiger partial charge in [-0.15, -0.1) is 0 Å². The summed E-state index contributed by atoms with van der Waals surface area (Å²) in [4.78, 5) is 14.2. The summed E-state index contributed by atoms with van der Waals surface area (Å²) in [5, 5.41) is 18.7. The molecule has 7 heteroatoms. The summed E-state index contributed by atoms with van der Waals surface area (Å²) >= 11 is 4.80. The van der Waals surface area contributed by atoms with Gasteiger partial charge in [0.25, 0.3) is 5.91 Å². The molecule has 0 aliphatic rings. The summed E-state index contributed by atoms with van der Waals surface area (Å²) in [5.41, 5.74) is 5.72. The van der Waals surface area contributed by atoms with Gasteiger partial charge in [-0.05, 0) is 18.2 Å². The Morgan fingerprint density at radius 2 is 2.05 bits per heavy atom. The molecule has 0 bridgehead atoms. The first-order valence-corrected chi connectivity index (χ1v) is 6.45. The standard InChI is InChI=1S/C13H18N2O4S/c1-19-7-6-15(5-4-12(14)20)13(18)9-2-3-10(16)11(17)8-9/h2-3,8,16-17H,4-7H2,1H3,(H2,14,20). The number of benzene rings is 1. The van der Waals surface area contributed by atoms with Crippen molar-refractivity contribution < 1.29 is 19.7 Å². The Balaban J connectivity index is 2.84. The van der Waals surface area contributed by atoms with E-state index in [-0.39, 0.29) is 23.0 Å². The first-order valence-electron chi connectivity index (χ1n) is 6.04. The Morgan fingerprint density at radius 1 is 1.35 bits per heavy atom. The minimum atomic E-state index is -0.336. The fourth-order valence-corrected chi connectivity index (χ4v) is 1.69. The van der Waals surface area contributed by atoms with Crippen molar-refractivity contribution in [1.29, 1.82) is 0 Å². The molecule has 0 aliphatic carbocycles. The maximum absolute atomic E-state index is 12.3. The van der Waals surface area contributed by atoms with Crippen LogP contribution in [0, 0.1) is 0 Å². The number of phenols is 2. The van der Waals surface area contributed by atoms with E-state index in [9.17, 15) is 15.0 Å². The maximum Gasteiger partial charge on any atom is 0.254 e. The van der Waals surface area contributed by atoms with Crippen LogP contribution in [0.4, 0.5) is 0 Å². The fraction of sp³-hybridized carbons (Fsp3) is 0.385. The van der Waals surface area contributed by atoms with Crippen molar-refractivity contribution >= 4 is 23.1 Å². The molecule has 0 aliphatic heterocycles. The number of rotatable bonds is 7. The number of phenolic OH excluding ortho intramolecular Hbond substituents is 2. The minimum Gasteiger partial charge on any atom is -0.504 e. The molecule has 1 rings (SSSR count). The van der Waals surface area contributed by atoms with Gasteiger partial charge in [0.15, 0.2) is 11.5 Å². The van der Waals surface area contributed by atoms with Crippen molar-refractivity contribution in [2.45, 2.75) is 6.42 Å². The molecule has 0 heterocycles. The van der Waals surface area contributed by atoms with Gasteiger partial charge in [0.05, 0.1) is 11.6 Å². The van der Waals surface area contributed by atoms with E-state index >= 15 is 0 Å². The number of hydrogen-bond acceptors (Lipinski definition) is 5. The number of thiocarbonyl (C=S) groups is 1. The number of carbonyl (C=O) groups is 1. The number of aromatic hydroxyl groups is 2. The van der Waals surface area contributed by atoms with Crippen molar-refractivity contribution in [3.8, 4) is 11.5 Å². The molecular formula is C13H18N2O4S. The lowest BCUT2D eigenvalue weighted by Gasteiger charge is -2.22. The number of carbonyl (C=O) groups excluding carboxylic acids is 1. The molecule has 0 saturated heterocycles. The van der Waals surface area contributed by atoms with Crippen LogP contribution in [0.5, 0.6) is 11.5 Å². The SMILES string of the molecule is COCCN(CCC(N)=S)C(=O)c1ccc(O)c(O)c1. The molecule has 1 amide bonds. The Kier molecular flexibility index (Phi) is 6.20. The molecule has 1 aromatic carbocycles. The molecule has 0 atom stereocenters. The zero-order valence-electron chi connectivity index (χ0n) is 11.2. The highest BCUT2D eigenvalue weighted by Crippen LogP contribution is 2.25. The summed E-state index contributed by atoms with van der Waals surface area (Å²) in [6, 6.07) is 3.93. The van der Waals surface area contributed by atoms with Crippen LogP contribution < -0.4 is 5.73 Å². The van der Waals surface area contributed by atoms with Gasteiger partial charge < -0.3 is 25.6 Å². The average Bonchev–Trinajstić information content (AvgIpc) is 2.41. The van der Waals surface area contributed by atoms with Gasteiger partial charge in [0.1, 0.15) is 0 Å². The smallest absolute Gasteiger partial charge is 0.254 e. The zero-order chi connectivity index (χ0) is 15.1. The van der Waals surface area contributed by atoms with E-state index in [0.29, 0.717) is 31.1 Å². The van der Waals surface area contributed by atoms with Gasteiger partial charge in [-0.3, -0.25) is 4.79 Å². The van der Waals surface area contributed by atoms with Crippen LogP contribution in [-0.2, 0) is 4.74 Å². The van der Waals surface area contributed by atoms with E-state index in [1.165, 1.54) is 23.1 Å². The summed E-state index contributed by atoms with van der Waals surface area (Å²) in [6.07, 6.45) is 0.412. The lowest BCUT2D eigenvalue weighted by Crippen LogP contribution is -2.36. The molecule has 110 valence electrons. The van der Waals surface area contributed by atoms with Crippen LogP contribution in [0.2, 0.25) is 0 Å². The second-order valence-corrected chi connectivity index (χ2v) is 4.73. The van der Waals surface area contributed by atoms with Gasteiger partial charge >= 0.3 is 0 Å². The number of methoxy groups -OCH3 is 1. The summed E-state index contributed by atoms with van der Waals surface area (Å²) in [6.45, 7) is 1.14. The van der Waals surface area contributed by atoms with Crippen LogP contribution >= 0.6 is 12.2 Å². The Labute approximate surface area is 122 Å². The first kappa shape index (κ1) is 16.2. The van der Waals surface area contributed by atoms with Crippen LogP contribution in [0.3, 0.4) is 0 Å². The molecular weight excluding hydrogens is 280 g/mol. The highest BCUT2D eigenvalue weighted by Gasteiger charge is 2.17. The Hall–Kier alpha value is -1.86. The third kappa shape index (κ3) is 4.67. The molecule has 6 nitrogen and oxygen atoms in total. The van der Waals surface area contributed by atoms with Crippen LogP contribution in [0.1, 0.15) is 16.8 Å². The average molecular weight is 298 g/mol. The quantitative estimate of drug-likeness (QED) is 0.510. The molecule has 1 aromatic rings. The predicted octanol–water partition coefficient (Wildman–Crippen LogP) is 0.863. The van der Waals surface area contributed by atoms with Crippen LogP contribution in [0.15, 0.2) is 18.2 Å². The summed E-state index contributed by atoms with van der Waals surface area (Å²) in [7, 11) is 1.54. The highest BCUT2D eigenvalue weighted by atomic mass is 32.1. The van der Waals surface area contributed by atoms with Gasteiger partial charge in [-0.2, -0.15) is 0 Å². The van der Waals surface area contributed by atoms with E-state index in [0.717, 1.165) is 0 Å². The van der Waals surface area contributed by atoms with Crippen molar-refractivity contribution in [1.82, 2.24) is 4.90 Å². The van der Waals surface area contributed by atoms with Crippen LogP contribution in [0.25, 0.3) is 0 Å². The lowest BCUT2D eigenvalue weighted by molar-refractivity contribution is 0.0701. The molecule has 0 unspecified atom stereocenters. The monoisotopic (exact) mass is 298 g/mol. The normalized spacial score (nSPS) is 10.2. The Morgan fingerprint density at radius 3 is 2.60 bits per heavy atom. The molecule has 0 saturated carbocycles. The van der Waals surface area contributed by atoms with E-state index in [1.54, 1.807) is 7.11 Å². The van der Waals surface area contributed by atoms with Gasteiger partial charge in [0, 0.05) is 32.2 Å². The predicted molar refractivity (Wildman–Crippen MR) is 79.0 cm³/mol.